The minimum Gasteiger partial charge on any atom is -0.375 e. The zero-order valence-electron chi connectivity index (χ0n) is 16.2. The van der Waals surface area contributed by atoms with E-state index in [2.05, 4.69) is 40.2 Å². The van der Waals surface area contributed by atoms with Crippen LogP contribution in [0.1, 0.15) is 41.7 Å². The summed E-state index contributed by atoms with van der Waals surface area (Å²) in [5, 5.41) is 2.27. The van der Waals surface area contributed by atoms with Crippen LogP contribution in [0, 0.1) is 11.8 Å². The quantitative estimate of drug-likeness (QED) is 0.865. The van der Waals surface area contributed by atoms with E-state index >= 15 is 0 Å². The first-order chi connectivity index (χ1) is 13.7. The fraction of sp³-hybridized carbons (Fsp3) is 0.545. The van der Waals surface area contributed by atoms with E-state index in [4.69, 9.17) is 5.73 Å². The molecule has 3 aliphatic heterocycles. The van der Waals surface area contributed by atoms with Gasteiger partial charge in [-0.1, -0.05) is 36.8 Å². The molecule has 4 heterocycles. The number of hydrogen-bond acceptors (Lipinski definition) is 5. The summed E-state index contributed by atoms with van der Waals surface area (Å²) in [7, 11) is 0. The molecule has 0 spiro atoms. The first-order valence-corrected chi connectivity index (χ1v) is 11.4. The van der Waals surface area contributed by atoms with Crippen LogP contribution in [-0.2, 0) is 6.42 Å². The average molecular weight is 397 g/mol. The molecule has 4 atom stereocenters. The number of benzene rings is 1. The van der Waals surface area contributed by atoms with E-state index in [9.17, 15) is 4.79 Å². The Morgan fingerprint density at radius 2 is 2.04 bits per heavy atom. The van der Waals surface area contributed by atoms with Gasteiger partial charge >= 0.3 is 0 Å². The molecule has 2 bridgehead atoms. The van der Waals surface area contributed by atoms with Crippen LogP contribution in [-0.4, -0.2) is 52.4 Å². The molecular formula is C22H28N4OS. The molecule has 1 aromatic heterocycles. The highest BCUT2D eigenvalue weighted by Gasteiger charge is 2.45. The maximum Gasteiger partial charge on any atom is 0.273 e. The van der Waals surface area contributed by atoms with Crippen LogP contribution in [0.2, 0.25) is 0 Å². The van der Waals surface area contributed by atoms with Gasteiger partial charge in [-0.3, -0.25) is 9.69 Å². The van der Waals surface area contributed by atoms with Crippen molar-refractivity contribution >= 4 is 22.4 Å². The van der Waals surface area contributed by atoms with E-state index < -0.39 is 0 Å². The molecular weight excluding hydrogens is 368 g/mol. The van der Waals surface area contributed by atoms with Gasteiger partial charge in [0.2, 0.25) is 0 Å². The second kappa shape index (κ2) is 7.48. The molecule has 0 saturated carbocycles. The Hall–Kier alpha value is -1.92. The molecule has 0 aliphatic carbocycles. The monoisotopic (exact) mass is 396 g/mol. The Kier molecular flexibility index (Phi) is 4.85. The maximum absolute atomic E-state index is 12.9. The standard InChI is InChI=1S/C22H28N4OS/c23-22-24-19(14-28-22)21(27)25-11-16-9-17(13-25)20-8-4-7-18(26(20)12-16)10-15-5-2-1-3-6-15/h1-3,5-6,14,16-18,20H,4,7-13H2,(H2,23,24)/t16-,17+,18+,20-/m0/s1. The lowest BCUT2D eigenvalue weighted by molar-refractivity contribution is -0.0499. The number of thiazole rings is 1. The molecule has 1 aromatic carbocycles. The van der Waals surface area contributed by atoms with E-state index in [1.165, 1.54) is 42.6 Å². The smallest absolute Gasteiger partial charge is 0.273 e. The summed E-state index contributed by atoms with van der Waals surface area (Å²) in [5.74, 6) is 1.23. The summed E-state index contributed by atoms with van der Waals surface area (Å²) in [6.45, 7) is 2.85. The first-order valence-electron chi connectivity index (χ1n) is 10.5. The molecule has 0 unspecified atom stereocenters. The van der Waals surface area contributed by atoms with Gasteiger partial charge in [0.15, 0.2) is 5.13 Å². The fourth-order valence-corrected chi connectivity index (χ4v) is 6.27. The summed E-state index contributed by atoms with van der Waals surface area (Å²) in [5.41, 5.74) is 7.70. The van der Waals surface area contributed by atoms with Crippen LogP contribution < -0.4 is 5.73 Å². The fourth-order valence-electron chi connectivity index (χ4n) is 5.73. The van der Waals surface area contributed by atoms with Gasteiger partial charge in [0.05, 0.1) is 0 Å². The lowest BCUT2D eigenvalue weighted by Crippen LogP contribution is -2.62. The van der Waals surface area contributed by atoms with Crippen molar-refractivity contribution in [3.05, 3.63) is 47.0 Å². The highest BCUT2D eigenvalue weighted by Crippen LogP contribution is 2.40. The molecule has 3 saturated heterocycles. The predicted molar refractivity (Wildman–Crippen MR) is 112 cm³/mol. The normalized spacial score (nSPS) is 30.1. The predicted octanol–water partition coefficient (Wildman–Crippen LogP) is 3.28. The van der Waals surface area contributed by atoms with Crippen molar-refractivity contribution in [1.82, 2.24) is 14.8 Å². The van der Waals surface area contributed by atoms with Crippen LogP contribution in [0.4, 0.5) is 5.13 Å². The number of nitrogens with two attached hydrogens (primary N) is 1. The van der Waals surface area contributed by atoms with Gasteiger partial charge in [0.25, 0.3) is 5.91 Å². The third-order valence-corrected chi connectivity index (χ3v) is 7.53. The van der Waals surface area contributed by atoms with Crippen molar-refractivity contribution < 1.29 is 4.79 Å². The number of anilines is 1. The van der Waals surface area contributed by atoms with Crippen molar-refractivity contribution in [2.45, 2.75) is 44.2 Å². The van der Waals surface area contributed by atoms with Gasteiger partial charge in [-0.05, 0) is 43.1 Å². The number of nitrogen functional groups attached to an aromatic ring is 1. The summed E-state index contributed by atoms with van der Waals surface area (Å²) >= 11 is 1.35. The topological polar surface area (TPSA) is 62.5 Å². The minimum atomic E-state index is 0.0627. The van der Waals surface area contributed by atoms with Crippen molar-refractivity contribution in [1.29, 1.82) is 0 Å². The Morgan fingerprint density at radius 1 is 1.18 bits per heavy atom. The molecule has 2 aromatic rings. The third-order valence-electron chi connectivity index (χ3n) is 6.86. The number of carbonyl (C=O) groups excluding carboxylic acids is 1. The number of rotatable bonds is 3. The van der Waals surface area contributed by atoms with E-state index in [0.717, 1.165) is 26.1 Å². The molecule has 0 radical (unpaired) electrons. The Balaban J connectivity index is 1.31. The molecule has 5 nitrogen and oxygen atoms in total. The van der Waals surface area contributed by atoms with Gasteiger partial charge in [-0.25, -0.2) is 4.98 Å². The minimum absolute atomic E-state index is 0.0627. The second-order valence-electron chi connectivity index (χ2n) is 8.68. The number of carbonyl (C=O) groups is 1. The molecule has 5 rings (SSSR count). The van der Waals surface area contributed by atoms with E-state index in [1.54, 1.807) is 5.38 Å². The van der Waals surface area contributed by atoms with E-state index in [1.807, 2.05) is 4.90 Å². The number of piperidine rings is 3. The highest BCUT2D eigenvalue weighted by atomic mass is 32.1. The second-order valence-corrected chi connectivity index (χ2v) is 9.57. The van der Waals surface area contributed by atoms with E-state index in [-0.39, 0.29) is 5.91 Å². The number of likely N-dealkylation sites (tertiary alicyclic amines) is 1. The Labute approximate surface area is 170 Å². The lowest BCUT2D eigenvalue weighted by atomic mass is 9.74. The SMILES string of the molecule is Nc1nc(C(=O)N2C[C@@H]3C[C@H](C2)[C@@H]2CCC[C@H](Cc4ccccc4)N2C3)cs1. The van der Waals surface area contributed by atoms with Gasteiger partial charge < -0.3 is 10.6 Å². The highest BCUT2D eigenvalue weighted by molar-refractivity contribution is 7.13. The third kappa shape index (κ3) is 3.44. The van der Waals surface area contributed by atoms with Gasteiger partial charge in [0.1, 0.15) is 5.69 Å². The summed E-state index contributed by atoms with van der Waals surface area (Å²) in [6, 6.07) is 12.2. The van der Waals surface area contributed by atoms with Gasteiger partial charge in [-0.2, -0.15) is 0 Å². The molecule has 3 aliphatic rings. The number of aromatic nitrogens is 1. The van der Waals surface area contributed by atoms with Crippen molar-refractivity contribution in [2.24, 2.45) is 11.8 Å². The molecule has 28 heavy (non-hydrogen) atoms. The number of fused-ring (bicyclic) bond motifs is 4. The van der Waals surface area contributed by atoms with Gasteiger partial charge in [-0.15, -0.1) is 11.3 Å². The molecule has 1 amide bonds. The van der Waals surface area contributed by atoms with Crippen LogP contribution in [0.25, 0.3) is 0 Å². The van der Waals surface area contributed by atoms with Crippen LogP contribution in [0.3, 0.4) is 0 Å². The lowest BCUT2D eigenvalue weighted by Gasteiger charge is -2.55. The van der Waals surface area contributed by atoms with Crippen molar-refractivity contribution in [3.8, 4) is 0 Å². The molecule has 148 valence electrons. The molecule has 6 heteroatoms. The number of hydrogen-bond donors (Lipinski definition) is 1. The zero-order chi connectivity index (χ0) is 19.1. The maximum atomic E-state index is 12.9. The summed E-state index contributed by atoms with van der Waals surface area (Å²) in [6.07, 6.45) is 6.29. The van der Waals surface area contributed by atoms with Crippen molar-refractivity contribution in [3.63, 3.8) is 0 Å². The van der Waals surface area contributed by atoms with Crippen LogP contribution >= 0.6 is 11.3 Å². The Morgan fingerprint density at radius 3 is 2.82 bits per heavy atom. The number of nitrogens with zero attached hydrogens (tertiary/aromatic N) is 3. The Bertz CT molecular complexity index is 838. The summed E-state index contributed by atoms with van der Waals surface area (Å²) in [4.78, 5) is 22.0. The molecule has 3 fully saturated rings. The zero-order valence-corrected chi connectivity index (χ0v) is 17.0. The van der Waals surface area contributed by atoms with Crippen molar-refractivity contribution in [2.75, 3.05) is 25.4 Å². The largest absolute Gasteiger partial charge is 0.375 e. The number of amides is 1. The molecule has 2 N–H and O–H groups in total. The van der Waals surface area contributed by atoms with Gasteiger partial charge in [0, 0.05) is 37.1 Å². The van der Waals surface area contributed by atoms with E-state index in [0.29, 0.717) is 34.7 Å². The average Bonchev–Trinajstić information content (AvgIpc) is 3.15. The summed E-state index contributed by atoms with van der Waals surface area (Å²) < 4.78 is 0. The van der Waals surface area contributed by atoms with Crippen LogP contribution in [0.15, 0.2) is 35.7 Å². The first kappa shape index (κ1) is 18.1. The van der Waals surface area contributed by atoms with Crippen LogP contribution in [0.5, 0.6) is 0 Å².